The van der Waals surface area contributed by atoms with Gasteiger partial charge < -0.3 is 9.47 Å². The van der Waals surface area contributed by atoms with Crippen molar-refractivity contribution in [1.29, 1.82) is 0 Å². The maximum Gasteiger partial charge on any atom is 0.178 e. The van der Waals surface area contributed by atoms with E-state index in [4.69, 9.17) is 9.47 Å². The standard InChI is InChI=1S/C29H52NO2/c1-3-4-5-6-7-8-9-10-11-12-13-14-20-28-24-29(32-25-28)26-31-23-18-17-22-30-21-16-15-19-27(30)2/h15-16,19,21,28-29H,3-14,17-18,20,22-26H2,1-2H3/q+1. The first-order valence-electron chi connectivity index (χ1n) is 13.9. The van der Waals surface area contributed by atoms with Gasteiger partial charge in [-0.15, -0.1) is 0 Å². The van der Waals surface area contributed by atoms with Crippen LogP contribution in [0.5, 0.6) is 0 Å². The van der Waals surface area contributed by atoms with E-state index >= 15 is 0 Å². The summed E-state index contributed by atoms with van der Waals surface area (Å²) in [5, 5.41) is 0. The van der Waals surface area contributed by atoms with Crippen LogP contribution in [0, 0.1) is 12.8 Å². The van der Waals surface area contributed by atoms with Crippen molar-refractivity contribution < 1.29 is 14.0 Å². The van der Waals surface area contributed by atoms with Crippen LogP contribution in [0.4, 0.5) is 0 Å². The van der Waals surface area contributed by atoms with Crippen molar-refractivity contribution in [3.8, 4) is 0 Å². The molecule has 2 heterocycles. The van der Waals surface area contributed by atoms with Crippen LogP contribution in [0.2, 0.25) is 0 Å². The zero-order valence-electron chi connectivity index (χ0n) is 21.4. The third-order valence-corrected chi connectivity index (χ3v) is 7.04. The van der Waals surface area contributed by atoms with E-state index in [1.807, 2.05) is 0 Å². The van der Waals surface area contributed by atoms with Crippen LogP contribution < -0.4 is 4.57 Å². The number of aromatic nitrogens is 1. The fourth-order valence-corrected chi connectivity index (χ4v) is 4.89. The monoisotopic (exact) mass is 446 g/mol. The van der Waals surface area contributed by atoms with Gasteiger partial charge >= 0.3 is 0 Å². The maximum absolute atomic E-state index is 5.99. The number of aryl methyl sites for hydroxylation is 2. The van der Waals surface area contributed by atoms with E-state index in [0.717, 1.165) is 38.7 Å². The lowest BCUT2D eigenvalue weighted by Gasteiger charge is -2.10. The number of rotatable bonds is 20. The van der Waals surface area contributed by atoms with Gasteiger partial charge in [0.15, 0.2) is 11.9 Å². The molecule has 0 bridgehead atoms. The number of hydrogen-bond donors (Lipinski definition) is 0. The van der Waals surface area contributed by atoms with E-state index in [1.54, 1.807) is 0 Å². The summed E-state index contributed by atoms with van der Waals surface area (Å²) in [5.74, 6) is 0.768. The summed E-state index contributed by atoms with van der Waals surface area (Å²) in [7, 11) is 0. The largest absolute Gasteiger partial charge is 0.379 e. The SMILES string of the molecule is CCCCCCCCCCCCCCC1COC(COCCCC[n+]2ccccc2C)C1. The summed E-state index contributed by atoms with van der Waals surface area (Å²) in [6.07, 6.45) is 24.5. The Morgan fingerprint density at radius 3 is 2.25 bits per heavy atom. The maximum atomic E-state index is 5.99. The number of unbranched alkanes of at least 4 members (excludes halogenated alkanes) is 12. The average Bonchev–Trinajstić information content (AvgIpc) is 3.25. The van der Waals surface area contributed by atoms with Crippen molar-refractivity contribution in [2.75, 3.05) is 19.8 Å². The van der Waals surface area contributed by atoms with Gasteiger partial charge in [-0.1, -0.05) is 90.0 Å². The molecule has 1 aliphatic rings. The minimum Gasteiger partial charge on any atom is -0.379 e. The first kappa shape index (κ1) is 27.3. The van der Waals surface area contributed by atoms with Gasteiger partial charge in [-0.3, -0.25) is 0 Å². The van der Waals surface area contributed by atoms with E-state index < -0.39 is 0 Å². The highest BCUT2D eigenvalue weighted by Crippen LogP contribution is 2.25. The lowest BCUT2D eigenvalue weighted by molar-refractivity contribution is -0.703. The molecule has 0 radical (unpaired) electrons. The van der Waals surface area contributed by atoms with E-state index in [0.29, 0.717) is 6.10 Å². The summed E-state index contributed by atoms with van der Waals surface area (Å²) in [4.78, 5) is 0. The summed E-state index contributed by atoms with van der Waals surface area (Å²) < 4.78 is 14.2. The molecule has 1 fully saturated rings. The normalized spacial score (nSPS) is 18.4. The summed E-state index contributed by atoms with van der Waals surface area (Å²) in [5.41, 5.74) is 1.33. The van der Waals surface area contributed by atoms with Gasteiger partial charge in [0.05, 0.1) is 12.7 Å². The molecule has 2 unspecified atom stereocenters. The molecule has 3 nitrogen and oxygen atoms in total. The zero-order chi connectivity index (χ0) is 22.7. The number of pyridine rings is 1. The topological polar surface area (TPSA) is 22.3 Å². The highest BCUT2D eigenvalue weighted by Gasteiger charge is 2.25. The van der Waals surface area contributed by atoms with Crippen molar-refractivity contribution in [2.24, 2.45) is 5.92 Å². The number of ether oxygens (including phenoxy) is 2. The Hall–Kier alpha value is -0.930. The smallest absolute Gasteiger partial charge is 0.178 e. The second-order valence-corrected chi connectivity index (χ2v) is 10.1. The number of nitrogens with zero attached hydrogens (tertiary/aromatic N) is 1. The predicted octanol–water partition coefficient (Wildman–Crippen LogP) is 7.58. The molecular weight excluding hydrogens is 394 g/mol. The van der Waals surface area contributed by atoms with Crippen LogP contribution in [-0.4, -0.2) is 25.9 Å². The van der Waals surface area contributed by atoms with Crippen LogP contribution in [0.15, 0.2) is 24.4 Å². The van der Waals surface area contributed by atoms with Gasteiger partial charge in [-0.05, 0) is 25.2 Å². The molecular formula is C29H52NO2+. The van der Waals surface area contributed by atoms with Crippen LogP contribution in [0.25, 0.3) is 0 Å². The molecule has 32 heavy (non-hydrogen) atoms. The molecule has 1 saturated heterocycles. The molecule has 1 aromatic rings. The zero-order valence-corrected chi connectivity index (χ0v) is 21.4. The van der Waals surface area contributed by atoms with Crippen LogP contribution in [0.3, 0.4) is 0 Å². The molecule has 1 aliphatic heterocycles. The van der Waals surface area contributed by atoms with Gasteiger partial charge in [0, 0.05) is 38.7 Å². The number of hydrogen-bond acceptors (Lipinski definition) is 2. The molecule has 0 amide bonds. The van der Waals surface area contributed by atoms with Gasteiger partial charge in [0.2, 0.25) is 0 Å². The Labute approximate surface area is 199 Å². The molecule has 0 aliphatic carbocycles. The minimum atomic E-state index is 0.336. The molecule has 1 aromatic heterocycles. The third-order valence-electron chi connectivity index (χ3n) is 7.04. The van der Waals surface area contributed by atoms with Crippen molar-refractivity contribution in [3.05, 3.63) is 30.1 Å². The molecule has 2 rings (SSSR count). The Morgan fingerprint density at radius 1 is 0.875 bits per heavy atom. The molecule has 0 saturated carbocycles. The quantitative estimate of drug-likeness (QED) is 0.152. The van der Waals surface area contributed by atoms with Gasteiger partial charge in [0.1, 0.15) is 6.54 Å². The fourth-order valence-electron chi connectivity index (χ4n) is 4.89. The van der Waals surface area contributed by atoms with E-state index in [2.05, 4.69) is 42.8 Å². The third kappa shape index (κ3) is 12.9. The van der Waals surface area contributed by atoms with Crippen molar-refractivity contribution in [2.45, 2.75) is 129 Å². The Bertz CT molecular complexity index is 562. The lowest BCUT2D eigenvalue weighted by Crippen LogP contribution is -2.36. The average molecular weight is 447 g/mol. The molecule has 0 spiro atoms. The van der Waals surface area contributed by atoms with Crippen LogP contribution in [0.1, 0.15) is 115 Å². The molecule has 3 heteroatoms. The van der Waals surface area contributed by atoms with Crippen LogP contribution in [-0.2, 0) is 16.0 Å². The van der Waals surface area contributed by atoms with Crippen molar-refractivity contribution in [1.82, 2.24) is 0 Å². The van der Waals surface area contributed by atoms with E-state index in [9.17, 15) is 0 Å². The van der Waals surface area contributed by atoms with Crippen molar-refractivity contribution >= 4 is 0 Å². The highest BCUT2D eigenvalue weighted by molar-refractivity contribution is 4.93. The van der Waals surface area contributed by atoms with E-state index in [1.165, 1.54) is 102 Å². The minimum absolute atomic E-state index is 0.336. The summed E-state index contributed by atoms with van der Waals surface area (Å²) >= 11 is 0. The lowest BCUT2D eigenvalue weighted by atomic mass is 9.97. The van der Waals surface area contributed by atoms with Crippen LogP contribution >= 0.6 is 0 Å². The van der Waals surface area contributed by atoms with E-state index in [-0.39, 0.29) is 0 Å². The molecule has 184 valence electrons. The van der Waals surface area contributed by atoms with Gasteiger partial charge in [-0.2, -0.15) is 0 Å². The first-order valence-corrected chi connectivity index (χ1v) is 13.9. The Kier molecular flexibility index (Phi) is 15.8. The summed E-state index contributed by atoms with van der Waals surface area (Å²) in [6.45, 7) is 8.14. The van der Waals surface area contributed by atoms with Crippen molar-refractivity contribution in [3.63, 3.8) is 0 Å². The Morgan fingerprint density at radius 2 is 1.56 bits per heavy atom. The van der Waals surface area contributed by atoms with Gasteiger partial charge in [0.25, 0.3) is 0 Å². The Balaban J connectivity index is 1.33. The highest BCUT2D eigenvalue weighted by atomic mass is 16.5. The predicted molar refractivity (Wildman–Crippen MR) is 135 cm³/mol. The molecule has 2 atom stereocenters. The van der Waals surface area contributed by atoms with Gasteiger partial charge in [-0.25, -0.2) is 4.57 Å². The second-order valence-electron chi connectivity index (χ2n) is 10.1. The first-order chi connectivity index (χ1) is 15.8. The second kappa shape index (κ2) is 18.5. The molecule has 0 aromatic carbocycles. The molecule has 0 N–H and O–H groups in total. The summed E-state index contributed by atoms with van der Waals surface area (Å²) in [6, 6.07) is 6.37. The fraction of sp³-hybridized carbons (Fsp3) is 0.828.